The lowest BCUT2D eigenvalue weighted by Gasteiger charge is -2.27. The van der Waals surface area contributed by atoms with Crippen LogP contribution in [-0.2, 0) is 11.2 Å². The molecular weight excluding hydrogens is 430 g/mol. The second-order valence-electron chi connectivity index (χ2n) is 7.44. The maximum Gasteiger partial charge on any atom is 0.262 e. The molecular formula is C24H26ClN3O2S. The van der Waals surface area contributed by atoms with Crippen molar-refractivity contribution in [3.05, 3.63) is 93.1 Å². The van der Waals surface area contributed by atoms with Crippen LogP contribution in [0.25, 0.3) is 0 Å². The van der Waals surface area contributed by atoms with Crippen LogP contribution < -0.4 is 10.6 Å². The minimum absolute atomic E-state index is 0.0944. The van der Waals surface area contributed by atoms with Gasteiger partial charge >= 0.3 is 0 Å². The summed E-state index contributed by atoms with van der Waals surface area (Å²) in [6.07, 6.45) is 0.405. The summed E-state index contributed by atoms with van der Waals surface area (Å²) in [4.78, 5) is 28.3. The van der Waals surface area contributed by atoms with E-state index < -0.39 is 6.04 Å². The normalized spacial score (nSPS) is 12.9. The molecule has 0 radical (unpaired) electrons. The van der Waals surface area contributed by atoms with Crippen LogP contribution in [0.5, 0.6) is 0 Å². The van der Waals surface area contributed by atoms with Gasteiger partial charge in [0.25, 0.3) is 5.91 Å². The number of nitrogens with one attached hydrogen (secondary N) is 2. The van der Waals surface area contributed by atoms with Gasteiger partial charge in [-0.05, 0) is 42.7 Å². The Bertz CT molecular complexity index is 993. The molecule has 2 atom stereocenters. The summed E-state index contributed by atoms with van der Waals surface area (Å²) < 4.78 is 0. The van der Waals surface area contributed by atoms with Crippen molar-refractivity contribution in [3.8, 4) is 0 Å². The number of likely N-dealkylation sites (N-methyl/N-ethyl adjacent to an activating group) is 1. The van der Waals surface area contributed by atoms with E-state index in [0.29, 0.717) is 22.9 Å². The maximum absolute atomic E-state index is 13.1. The lowest BCUT2D eigenvalue weighted by atomic mass is 10.0. The third-order valence-corrected chi connectivity index (χ3v) is 6.22. The first-order valence-corrected chi connectivity index (χ1v) is 11.3. The summed E-state index contributed by atoms with van der Waals surface area (Å²) in [6.45, 7) is 0.371. The summed E-state index contributed by atoms with van der Waals surface area (Å²) in [6, 6.07) is 20.1. The van der Waals surface area contributed by atoms with Crippen LogP contribution in [0.15, 0.2) is 72.1 Å². The molecule has 1 aromatic heterocycles. The Hall–Kier alpha value is -2.67. The van der Waals surface area contributed by atoms with Gasteiger partial charge in [0.1, 0.15) is 6.04 Å². The molecule has 0 saturated carbocycles. The topological polar surface area (TPSA) is 61.4 Å². The predicted octanol–water partition coefficient (Wildman–Crippen LogP) is 4.16. The molecule has 2 aromatic carbocycles. The Kier molecular flexibility index (Phi) is 8.23. The molecule has 0 fully saturated rings. The molecule has 31 heavy (non-hydrogen) atoms. The van der Waals surface area contributed by atoms with Crippen LogP contribution in [0, 0.1) is 0 Å². The first-order valence-electron chi connectivity index (χ1n) is 10.0. The molecule has 0 unspecified atom stereocenters. The van der Waals surface area contributed by atoms with Crippen molar-refractivity contribution in [1.29, 1.82) is 0 Å². The Labute approximate surface area is 192 Å². The van der Waals surface area contributed by atoms with Gasteiger partial charge in [-0.1, -0.05) is 66.2 Å². The highest BCUT2D eigenvalue weighted by Crippen LogP contribution is 2.25. The molecule has 0 saturated heterocycles. The molecule has 0 bridgehead atoms. The van der Waals surface area contributed by atoms with Crippen LogP contribution in [0.3, 0.4) is 0 Å². The Morgan fingerprint density at radius 1 is 1.00 bits per heavy atom. The molecule has 7 heteroatoms. The zero-order chi connectivity index (χ0) is 22.2. The summed E-state index contributed by atoms with van der Waals surface area (Å²) in [5.41, 5.74) is 1.92. The average Bonchev–Trinajstić information content (AvgIpc) is 3.30. The van der Waals surface area contributed by atoms with Crippen LogP contribution in [0.4, 0.5) is 0 Å². The molecule has 3 aromatic rings. The van der Waals surface area contributed by atoms with Crippen LogP contribution >= 0.6 is 22.9 Å². The lowest BCUT2D eigenvalue weighted by Crippen LogP contribution is -2.49. The van der Waals surface area contributed by atoms with Crippen molar-refractivity contribution in [1.82, 2.24) is 15.5 Å². The fourth-order valence-electron chi connectivity index (χ4n) is 3.33. The number of rotatable bonds is 9. The van der Waals surface area contributed by atoms with E-state index >= 15 is 0 Å². The van der Waals surface area contributed by atoms with E-state index in [0.717, 1.165) is 11.1 Å². The molecule has 0 aliphatic carbocycles. The van der Waals surface area contributed by atoms with Gasteiger partial charge in [0, 0.05) is 18.0 Å². The Morgan fingerprint density at radius 2 is 1.71 bits per heavy atom. The maximum atomic E-state index is 13.1. The first-order chi connectivity index (χ1) is 15.0. The van der Waals surface area contributed by atoms with Gasteiger partial charge in [0.05, 0.1) is 10.9 Å². The molecule has 0 aliphatic rings. The molecule has 162 valence electrons. The molecule has 5 nitrogen and oxygen atoms in total. The third-order valence-electron chi connectivity index (χ3n) is 5.01. The van der Waals surface area contributed by atoms with E-state index in [4.69, 9.17) is 11.6 Å². The molecule has 1 heterocycles. The van der Waals surface area contributed by atoms with Gasteiger partial charge in [0.2, 0.25) is 5.91 Å². The van der Waals surface area contributed by atoms with Gasteiger partial charge < -0.3 is 15.5 Å². The fraction of sp³-hybridized carbons (Fsp3) is 0.250. The predicted molar refractivity (Wildman–Crippen MR) is 127 cm³/mol. The lowest BCUT2D eigenvalue weighted by molar-refractivity contribution is -0.123. The summed E-state index contributed by atoms with van der Waals surface area (Å²) in [5, 5.41) is 8.40. The quantitative estimate of drug-likeness (QED) is 0.509. The number of halogens is 1. The molecule has 2 amide bonds. The largest absolute Gasteiger partial charge is 0.352 e. The van der Waals surface area contributed by atoms with Crippen LogP contribution in [0.2, 0.25) is 5.02 Å². The van der Waals surface area contributed by atoms with E-state index in [1.807, 2.05) is 85.0 Å². The van der Waals surface area contributed by atoms with E-state index in [2.05, 4.69) is 10.6 Å². The Morgan fingerprint density at radius 3 is 2.35 bits per heavy atom. The smallest absolute Gasteiger partial charge is 0.262 e. The second kappa shape index (κ2) is 11.1. The third kappa shape index (κ3) is 6.40. The molecule has 2 N–H and O–H groups in total. The van der Waals surface area contributed by atoms with Crippen molar-refractivity contribution in [2.75, 3.05) is 20.6 Å². The van der Waals surface area contributed by atoms with Crippen LogP contribution in [-0.4, -0.2) is 43.4 Å². The van der Waals surface area contributed by atoms with Crippen molar-refractivity contribution >= 4 is 34.8 Å². The van der Waals surface area contributed by atoms with Crippen molar-refractivity contribution < 1.29 is 9.59 Å². The van der Waals surface area contributed by atoms with E-state index in [1.54, 1.807) is 6.07 Å². The monoisotopic (exact) mass is 455 g/mol. The van der Waals surface area contributed by atoms with Gasteiger partial charge in [-0.15, -0.1) is 11.3 Å². The van der Waals surface area contributed by atoms with E-state index in [1.165, 1.54) is 11.3 Å². The number of benzene rings is 2. The van der Waals surface area contributed by atoms with Gasteiger partial charge in [0.15, 0.2) is 0 Å². The highest BCUT2D eigenvalue weighted by atomic mass is 35.5. The summed E-state index contributed by atoms with van der Waals surface area (Å²) in [5.74, 6) is -0.478. The highest BCUT2D eigenvalue weighted by Gasteiger charge is 2.24. The highest BCUT2D eigenvalue weighted by molar-refractivity contribution is 7.12. The van der Waals surface area contributed by atoms with Gasteiger partial charge in [-0.3, -0.25) is 9.59 Å². The molecule has 3 rings (SSSR count). The second-order valence-corrected chi connectivity index (χ2v) is 8.79. The zero-order valence-electron chi connectivity index (χ0n) is 17.5. The number of hydrogen-bond donors (Lipinski definition) is 2. The number of nitrogens with zero attached hydrogens (tertiary/aromatic N) is 1. The fourth-order valence-corrected chi connectivity index (χ4v) is 4.22. The Balaban J connectivity index is 1.73. The first kappa shape index (κ1) is 23.0. The molecule has 0 spiro atoms. The SMILES string of the molecule is CN(C)[C@H](CNC(=O)[C@H](Cc1ccccc1)NC(=O)c1cccs1)c1ccccc1Cl. The minimum Gasteiger partial charge on any atom is -0.352 e. The number of thiophene rings is 1. The zero-order valence-corrected chi connectivity index (χ0v) is 19.1. The van der Waals surface area contributed by atoms with Gasteiger partial charge in [-0.25, -0.2) is 0 Å². The minimum atomic E-state index is -0.689. The number of hydrogen-bond acceptors (Lipinski definition) is 4. The number of amides is 2. The van der Waals surface area contributed by atoms with Crippen molar-refractivity contribution in [3.63, 3.8) is 0 Å². The van der Waals surface area contributed by atoms with Gasteiger partial charge in [-0.2, -0.15) is 0 Å². The molecule has 0 aliphatic heterocycles. The van der Waals surface area contributed by atoms with E-state index in [-0.39, 0.29) is 17.9 Å². The average molecular weight is 456 g/mol. The van der Waals surface area contributed by atoms with Crippen molar-refractivity contribution in [2.45, 2.75) is 18.5 Å². The number of carbonyl (C=O) groups is 2. The summed E-state index contributed by atoms with van der Waals surface area (Å²) >= 11 is 7.73. The van der Waals surface area contributed by atoms with Crippen LogP contribution in [0.1, 0.15) is 26.8 Å². The standard InChI is InChI=1S/C24H26ClN3O2S/c1-28(2)21(18-11-6-7-12-19(18)25)16-26-23(29)20(15-17-9-4-3-5-10-17)27-24(30)22-13-8-14-31-22/h3-14,20-21H,15-16H2,1-2H3,(H,26,29)(H,27,30)/t20-,21+/m0/s1. The van der Waals surface area contributed by atoms with Crippen molar-refractivity contribution in [2.24, 2.45) is 0 Å². The summed E-state index contributed by atoms with van der Waals surface area (Å²) in [7, 11) is 3.89. The van der Waals surface area contributed by atoms with E-state index in [9.17, 15) is 9.59 Å². The number of carbonyl (C=O) groups excluding carboxylic acids is 2.